The third kappa shape index (κ3) is 3.80. The Hall–Kier alpha value is -2.48. The van der Waals surface area contributed by atoms with Crippen LogP contribution in [0.2, 0.25) is 5.02 Å². The number of aromatic nitrogens is 1. The lowest BCUT2D eigenvalue weighted by atomic mass is 10.2. The standard InChI is InChI=1S/C19H10BrClN2O3S/c20-12-3-6-16-11(7-12)8-14(18(25)26-16)17(24)23-19-22-15(9-27-19)10-1-4-13(21)5-2-10/h1-9H,(H,22,23,24). The number of nitrogens with one attached hydrogen (secondary N) is 1. The van der Waals surface area contributed by atoms with Gasteiger partial charge in [0.1, 0.15) is 11.1 Å². The number of benzene rings is 2. The van der Waals surface area contributed by atoms with Crippen LogP contribution in [0.5, 0.6) is 0 Å². The Balaban J connectivity index is 1.61. The lowest BCUT2D eigenvalue weighted by Gasteiger charge is -2.03. The summed E-state index contributed by atoms with van der Waals surface area (Å²) in [6.45, 7) is 0. The van der Waals surface area contributed by atoms with E-state index >= 15 is 0 Å². The first kappa shape index (κ1) is 17.9. The molecule has 0 radical (unpaired) electrons. The molecule has 0 saturated carbocycles. The monoisotopic (exact) mass is 460 g/mol. The molecule has 0 aliphatic rings. The first-order valence-electron chi connectivity index (χ1n) is 7.76. The molecule has 1 amide bonds. The summed E-state index contributed by atoms with van der Waals surface area (Å²) in [4.78, 5) is 29.0. The molecule has 4 aromatic rings. The van der Waals surface area contributed by atoms with Crippen LogP contribution in [0.15, 0.2) is 67.6 Å². The van der Waals surface area contributed by atoms with E-state index in [2.05, 4.69) is 26.2 Å². The first-order valence-corrected chi connectivity index (χ1v) is 9.81. The van der Waals surface area contributed by atoms with Gasteiger partial charge in [0.25, 0.3) is 5.91 Å². The van der Waals surface area contributed by atoms with Crippen LogP contribution in [0.3, 0.4) is 0 Å². The molecule has 2 heterocycles. The zero-order valence-corrected chi connectivity index (χ0v) is 16.7. The third-order valence-electron chi connectivity index (χ3n) is 3.80. The molecule has 0 atom stereocenters. The van der Waals surface area contributed by atoms with E-state index in [1.807, 2.05) is 17.5 Å². The number of carbonyl (C=O) groups excluding carboxylic acids is 1. The molecular formula is C19H10BrClN2O3S. The minimum absolute atomic E-state index is 0.0798. The SMILES string of the molecule is O=C(Nc1nc(-c2ccc(Cl)cc2)cs1)c1cc2cc(Br)ccc2oc1=O. The van der Waals surface area contributed by atoms with Gasteiger partial charge in [-0.1, -0.05) is 39.7 Å². The lowest BCUT2D eigenvalue weighted by molar-refractivity contribution is 0.102. The molecule has 8 heteroatoms. The summed E-state index contributed by atoms with van der Waals surface area (Å²) in [5.74, 6) is -0.567. The Morgan fingerprint density at radius 2 is 1.93 bits per heavy atom. The fourth-order valence-electron chi connectivity index (χ4n) is 2.50. The zero-order chi connectivity index (χ0) is 19.0. The molecular weight excluding hydrogens is 452 g/mol. The van der Waals surface area contributed by atoms with Crippen LogP contribution in [0, 0.1) is 0 Å². The van der Waals surface area contributed by atoms with E-state index < -0.39 is 11.5 Å². The largest absolute Gasteiger partial charge is 0.422 e. The molecule has 0 fully saturated rings. The van der Waals surface area contributed by atoms with E-state index in [0.29, 0.717) is 26.8 Å². The molecule has 0 unspecified atom stereocenters. The highest BCUT2D eigenvalue weighted by molar-refractivity contribution is 9.10. The van der Waals surface area contributed by atoms with Gasteiger partial charge in [-0.3, -0.25) is 10.1 Å². The minimum Gasteiger partial charge on any atom is -0.422 e. The van der Waals surface area contributed by atoms with Crippen LogP contribution >= 0.6 is 38.9 Å². The summed E-state index contributed by atoms with van der Waals surface area (Å²) in [7, 11) is 0. The summed E-state index contributed by atoms with van der Waals surface area (Å²) < 4.78 is 6.05. The Morgan fingerprint density at radius 3 is 2.70 bits per heavy atom. The van der Waals surface area contributed by atoms with Crippen LogP contribution in [0.1, 0.15) is 10.4 Å². The topological polar surface area (TPSA) is 72.2 Å². The molecule has 0 aliphatic carbocycles. The van der Waals surface area contributed by atoms with Crippen molar-refractivity contribution in [2.24, 2.45) is 0 Å². The molecule has 2 aromatic carbocycles. The average molecular weight is 462 g/mol. The van der Waals surface area contributed by atoms with E-state index in [0.717, 1.165) is 10.0 Å². The van der Waals surface area contributed by atoms with Gasteiger partial charge in [0.2, 0.25) is 0 Å². The summed E-state index contributed by atoms with van der Waals surface area (Å²) >= 11 is 10.5. The maximum Gasteiger partial charge on any atom is 0.349 e. The molecule has 5 nitrogen and oxygen atoms in total. The van der Waals surface area contributed by atoms with Crippen molar-refractivity contribution in [1.29, 1.82) is 0 Å². The molecule has 0 aliphatic heterocycles. The Morgan fingerprint density at radius 1 is 1.15 bits per heavy atom. The quantitative estimate of drug-likeness (QED) is 0.404. The smallest absolute Gasteiger partial charge is 0.349 e. The van der Waals surface area contributed by atoms with Crippen molar-refractivity contribution in [1.82, 2.24) is 4.98 Å². The van der Waals surface area contributed by atoms with Gasteiger partial charge in [-0.25, -0.2) is 9.78 Å². The molecule has 27 heavy (non-hydrogen) atoms. The van der Waals surface area contributed by atoms with Crippen molar-refractivity contribution in [2.75, 3.05) is 5.32 Å². The number of hydrogen-bond acceptors (Lipinski definition) is 5. The third-order valence-corrected chi connectivity index (χ3v) is 5.31. The first-order chi connectivity index (χ1) is 13.0. The van der Waals surface area contributed by atoms with E-state index in [-0.39, 0.29) is 5.56 Å². The van der Waals surface area contributed by atoms with E-state index in [1.54, 1.807) is 30.3 Å². The summed E-state index contributed by atoms with van der Waals surface area (Å²) in [6.07, 6.45) is 0. The molecule has 0 bridgehead atoms. The van der Waals surface area contributed by atoms with E-state index in [9.17, 15) is 9.59 Å². The highest BCUT2D eigenvalue weighted by Crippen LogP contribution is 2.26. The second-order valence-corrected chi connectivity index (χ2v) is 7.84. The van der Waals surface area contributed by atoms with Gasteiger partial charge in [0, 0.05) is 25.8 Å². The molecule has 2 aromatic heterocycles. The van der Waals surface area contributed by atoms with Gasteiger partial charge in [0.15, 0.2) is 5.13 Å². The van der Waals surface area contributed by atoms with Crippen LogP contribution in [-0.2, 0) is 0 Å². The second kappa shape index (κ2) is 7.26. The predicted molar refractivity (Wildman–Crippen MR) is 111 cm³/mol. The molecule has 0 spiro atoms. The predicted octanol–water partition coefficient (Wildman–Crippen LogP) is 5.58. The van der Waals surface area contributed by atoms with Crippen LogP contribution < -0.4 is 10.9 Å². The minimum atomic E-state index is -0.697. The number of halogens is 2. The second-order valence-electron chi connectivity index (χ2n) is 5.63. The molecule has 134 valence electrons. The Bertz CT molecular complexity index is 1220. The number of thiazole rings is 1. The fourth-order valence-corrected chi connectivity index (χ4v) is 3.72. The van der Waals surface area contributed by atoms with Crippen molar-refractivity contribution in [3.63, 3.8) is 0 Å². The van der Waals surface area contributed by atoms with Gasteiger partial charge in [-0.05, 0) is 36.4 Å². The van der Waals surface area contributed by atoms with Gasteiger partial charge in [-0.15, -0.1) is 11.3 Å². The van der Waals surface area contributed by atoms with Crippen molar-refractivity contribution in [2.45, 2.75) is 0 Å². The maximum atomic E-state index is 12.5. The molecule has 1 N–H and O–H groups in total. The highest BCUT2D eigenvalue weighted by Gasteiger charge is 2.16. The average Bonchev–Trinajstić information content (AvgIpc) is 3.10. The Labute approximate surface area is 170 Å². The Kier molecular flexibility index (Phi) is 4.82. The number of carbonyl (C=O) groups is 1. The van der Waals surface area contributed by atoms with Crippen molar-refractivity contribution in [3.8, 4) is 11.3 Å². The fraction of sp³-hybridized carbons (Fsp3) is 0. The van der Waals surface area contributed by atoms with Crippen molar-refractivity contribution in [3.05, 3.63) is 79.4 Å². The number of anilines is 1. The van der Waals surface area contributed by atoms with Gasteiger partial charge in [-0.2, -0.15) is 0 Å². The molecule has 4 rings (SSSR count). The molecule has 0 saturated heterocycles. The maximum absolute atomic E-state index is 12.5. The van der Waals surface area contributed by atoms with Crippen molar-refractivity contribution < 1.29 is 9.21 Å². The van der Waals surface area contributed by atoms with Crippen LogP contribution in [-0.4, -0.2) is 10.9 Å². The van der Waals surface area contributed by atoms with Gasteiger partial charge >= 0.3 is 5.63 Å². The zero-order valence-electron chi connectivity index (χ0n) is 13.5. The van der Waals surface area contributed by atoms with Gasteiger partial charge < -0.3 is 4.42 Å². The number of rotatable bonds is 3. The number of fused-ring (bicyclic) bond motifs is 1. The van der Waals surface area contributed by atoms with Crippen LogP contribution in [0.25, 0.3) is 22.2 Å². The van der Waals surface area contributed by atoms with E-state index in [4.69, 9.17) is 16.0 Å². The number of nitrogens with zero attached hydrogens (tertiary/aromatic N) is 1. The van der Waals surface area contributed by atoms with Crippen LogP contribution in [0.4, 0.5) is 5.13 Å². The lowest BCUT2D eigenvalue weighted by Crippen LogP contribution is -2.20. The normalized spacial score (nSPS) is 10.9. The van der Waals surface area contributed by atoms with Gasteiger partial charge in [0.05, 0.1) is 5.69 Å². The number of amides is 1. The summed E-state index contributed by atoms with van der Waals surface area (Å²) in [5.41, 5.74) is 1.23. The van der Waals surface area contributed by atoms with Crippen molar-refractivity contribution >= 4 is 60.9 Å². The number of hydrogen-bond donors (Lipinski definition) is 1. The highest BCUT2D eigenvalue weighted by atomic mass is 79.9. The van der Waals surface area contributed by atoms with E-state index in [1.165, 1.54) is 17.4 Å². The summed E-state index contributed by atoms with van der Waals surface area (Å²) in [5, 5.41) is 6.14. The summed E-state index contributed by atoms with van der Waals surface area (Å²) in [6, 6.07) is 13.9.